The quantitative estimate of drug-likeness (QED) is 0.595. The summed E-state index contributed by atoms with van der Waals surface area (Å²) in [6.45, 7) is -0.202. The Bertz CT molecular complexity index is 957. The first-order valence-electron chi connectivity index (χ1n) is 8.01. The summed E-state index contributed by atoms with van der Waals surface area (Å²) < 4.78 is 0. The maximum atomic E-state index is 12.1. The van der Waals surface area contributed by atoms with Crippen molar-refractivity contribution in [2.75, 3.05) is 11.9 Å². The lowest BCUT2D eigenvalue weighted by Crippen LogP contribution is -2.33. The molecule has 0 radical (unpaired) electrons. The summed E-state index contributed by atoms with van der Waals surface area (Å²) in [6.07, 6.45) is 6.34. The topological polar surface area (TPSA) is 124 Å². The number of fused-ring (bicyclic) bond motifs is 1. The number of carbonyl (C=O) groups is 2. The van der Waals surface area contributed by atoms with Crippen LogP contribution in [0.25, 0.3) is 10.8 Å². The molecule has 3 rings (SSSR count). The van der Waals surface area contributed by atoms with Crippen LogP contribution in [0.2, 0.25) is 0 Å². The number of aromatic nitrogens is 2. The Morgan fingerprint density at radius 2 is 1.92 bits per heavy atom. The summed E-state index contributed by atoms with van der Waals surface area (Å²) in [4.78, 5) is 47.6. The van der Waals surface area contributed by atoms with Crippen LogP contribution in [0.4, 0.5) is 5.69 Å². The van der Waals surface area contributed by atoms with Crippen LogP contribution in [0.3, 0.4) is 0 Å². The van der Waals surface area contributed by atoms with Gasteiger partial charge in [-0.25, -0.2) is 0 Å². The first kappa shape index (κ1) is 16.7. The van der Waals surface area contributed by atoms with Crippen molar-refractivity contribution in [3.63, 3.8) is 0 Å². The van der Waals surface area contributed by atoms with Crippen LogP contribution in [-0.4, -0.2) is 28.6 Å². The zero-order valence-electron chi connectivity index (χ0n) is 13.4. The lowest BCUT2D eigenvalue weighted by atomic mass is 10.1. The number of benzene rings is 1. The van der Waals surface area contributed by atoms with Gasteiger partial charge in [0.2, 0.25) is 11.8 Å². The minimum atomic E-state index is -0.512. The van der Waals surface area contributed by atoms with E-state index >= 15 is 0 Å². The average Bonchev–Trinajstić information content (AvgIpc) is 3.09. The molecule has 0 saturated heterocycles. The summed E-state index contributed by atoms with van der Waals surface area (Å²) in [7, 11) is 0. The van der Waals surface area contributed by atoms with Gasteiger partial charge in [-0.05, 0) is 30.9 Å². The fraction of sp³-hybridized carbons (Fsp3) is 0.294. The summed E-state index contributed by atoms with van der Waals surface area (Å²) in [5.41, 5.74) is -0.742. The van der Waals surface area contributed by atoms with E-state index < -0.39 is 17.0 Å². The van der Waals surface area contributed by atoms with E-state index in [1.807, 2.05) is 12.2 Å². The van der Waals surface area contributed by atoms with Crippen LogP contribution >= 0.6 is 0 Å². The molecule has 2 amide bonds. The highest BCUT2D eigenvalue weighted by Crippen LogP contribution is 2.20. The SMILES string of the molecule is O=C(CC1C=CCC1)NCC(=O)Nc1cccc2c(=O)[nH][nH]c(=O)c12. The second kappa shape index (κ2) is 7.16. The van der Waals surface area contributed by atoms with Crippen LogP contribution in [0.15, 0.2) is 39.9 Å². The molecule has 0 spiro atoms. The van der Waals surface area contributed by atoms with Crippen molar-refractivity contribution in [2.45, 2.75) is 19.3 Å². The normalized spacial score (nSPS) is 16.1. The largest absolute Gasteiger partial charge is 0.347 e. The summed E-state index contributed by atoms with van der Waals surface area (Å²) >= 11 is 0. The van der Waals surface area contributed by atoms with Crippen molar-refractivity contribution in [2.24, 2.45) is 5.92 Å². The molecule has 25 heavy (non-hydrogen) atoms. The number of aromatic amines is 2. The molecule has 130 valence electrons. The Kier molecular flexibility index (Phi) is 4.78. The number of H-pyrrole nitrogens is 2. The first-order valence-corrected chi connectivity index (χ1v) is 8.01. The third-order valence-electron chi connectivity index (χ3n) is 4.11. The number of hydrogen-bond acceptors (Lipinski definition) is 4. The number of hydrogen-bond donors (Lipinski definition) is 4. The Morgan fingerprint density at radius 3 is 2.68 bits per heavy atom. The van der Waals surface area contributed by atoms with Crippen molar-refractivity contribution in [3.8, 4) is 0 Å². The molecule has 2 aromatic rings. The predicted octanol–water partition coefficient (Wildman–Crippen LogP) is 0.627. The zero-order valence-corrected chi connectivity index (χ0v) is 13.4. The predicted molar refractivity (Wildman–Crippen MR) is 93.3 cm³/mol. The number of carbonyl (C=O) groups excluding carboxylic acids is 2. The van der Waals surface area contributed by atoms with E-state index in [9.17, 15) is 19.2 Å². The maximum Gasteiger partial charge on any atom is 0.272 e. The zero-order chi connectivity index (χ0) is 17.8. The van der Waals surface area contributed by atoms with Crippen molar-refractivity contribution in [1.29, 1.82) is 0 Å². The van der Waals surface area contributed by atoms with Crippen LogP contribution in [0.5, 0.6) is 0 Å². The Labute approximate surface area is 142 Å². The third kappa shape index (κ3) is 3.85. The van der Waals surface area contributed by atoms with Crippen molar-refractivity contribution < 1.29 is 9.59 Å². The van der Waals surface area contributed by atoms with Crippen LogP contribution in [-0.2, 0) is 9.59 Å². The molecule has 0 aliphatic heterocycles. The number of rotatable bonds is 5. The van der Waals surface area contributed by atoms with Gasteiger partial charge in [0.15, 0.2) is 0 Å². The lowest BCUT2D eigenvalue weighted by Gasteiger charge is -2.10. The van der Waals surface area contributed by atoms with Crippen molar-refractivity contribution in [3.05, 3.63) is 51.1 Å². The molecule has 1 heterocycles. The summed E-state index contributed by atoms with van der Waals surface area (Å²) in [5.74, 6) is -0.437. The molecule has 0 bridgehead atoms. The molecule has 0 fully saturated rings. The Morgan fingerprint density at radius 1 is 1.12 bits per heavy atom. The van der Waals surface area contributed by atoms with E-state index in [1.165, 1.54) is 12.1 Å². The van der Waals surface area contributed by atoms with Gasteiger partial charge in [0.25, 0.3) is 11.1 Å². The molecule has 1 aromatic carbocycles. The first-order chi connectivity index (χ1) is 12.0. The molecule has 4 N–H and O–H groups in total. The molecule has 8 heteroatoms. The van der Waals surface area contributed by atoms with E-state index in [0.29, 0.717) is 6.42 Å². The van der Waals surface area contributed by atoms with Gasteiger partial charge in [-0.3, -0.25) is 29.4 Å². The van der Waals surface area contributed by atoms with E-state index in [2.05, 4.69) is 20.8 Å². The van der Waals surface area contributed by atoms with Gasteiger partial charge in [-0.1, -0.05) is 18.2 Å². The van der Waals surface area contributed by atoms with Gasteiger partial charge in [0.05, 0.1) is 23.0 Å². The van der Waals surface area contributed by atoms with E-state index in [4.69, 9.17) is 0 Å². The Balaban J connectivity index is 1.65. The van der Waals surface area contributed by atoms with Gasteiger partial charge in [0, 0.05) is 6.42 Å². The molecule has 1 aliphatic carbocycles. The molecule has 1 unspecified atom stereocenters. The van der Waals surface area contributed by atoms with Gasteiger partial charge in [-0.15, -0.1) is 0 Å². The van der Waals surface area contributed by atoms with Gasteiger partial charge in [0.1, 0.15) is 0 Å². The highest BCUT2D eigenvalue weighted by atomic mass is 16.2. The maximum absolute atomic E-state index is 12.1. The van der Waals surface area contributed by atoms with Crippen LogP contribution in [0.1, 0.15) is 19.3 Å². The Hall–Kier alpha value is -3.16. The molecule has 1 aromatic heterocycles. The van der Waals surface area contributed by atoms with Crippen LogP contribution in [0, 0.1) is 5.92 Å². The molecule has 1 aliphatic rings. The van der Waals surface area contributed by atoms with Crippen molar-refractivity contribution in [1.82, 2.24) is 15.5 Å². The van der Waals surface area contributed by atoms with E-state index in [-0.39, 0.29) is 34.8 Å². The standard InChI is InChI=1S/C17H18N4O4/c22-13(8-10-4-1-2-5-10)18-9-14(23)19-12-7-3-6-11-15(12)17(25)21-20-16(11)24/h1,3-4,6-7,10H,2,5,8-9H2,(H,18,22)(H,19,23)(H,20,24)(H,21,25). The average molecular weight is 342 g/mol. The van der Waals surface area contributed by atoms with Crippen molar-refractivity contribution >= 4 is 28.3 Å². The number of anilines is 1. The summed E-state index contributed by atoms with van der Waals surface area (Å²) in [6, 6.07) is 4.59. The number of amides is 2. The van der Waals surface area contributed by atoms with E-state index in [1.54, 1.807) is 6.07 Å². The monoisotopic (exact) mass is 342 g/mol. The number of nitrogens with one attached hydrogen (secondary N) is 4. The molecular formula is C17H18N4O4. The minimum Gasteiger partial charge on any atom is -0.347 e. The van der Waals surface area contributed by atoms with Gasteiger partial charge in [-0.2, -0.15) is 0 Å². The van der Waals surface area contributed by atoms with Gasteiger partial charge >= 0.3 is 0 Å². The lowest BCUT2D eigenvalue weighted by molar-refractivity contribution is -0.124. The second-order valence-electron chi connectivity index (χ2n) is 5.93. The minimum absolute atomic E-state index is 0.0991. The number of allylic oxidation sites excluding steroid dienone is 2. The van der Waals surface area contributed by atoms with Crippen LogP contribution < -0.4 is 21.8 Å². The third-order valence-corrected chi connectivity index (χ3v) is 4.11. The summed E-state index contributed by atoms with van der Waals surface area (Å²) in [5, 5.41) is 9.86. The molecule has 8 nitrogen and oxygen atoms in total. The fourth-order valence-electron chi connectivity index (χ4n) is 2.88. The molecule has 0 saturated carbocycles. The fourth-order valence-corrected chi connectivity index (χ4v) is 2.88. The second-order valence-corrected chi connectivity index (χ2v) is 5.93. The molecular weight excluding hydrogens is 324 g/mol. The smallest absolute Gasteiger partial charge is 0.272 e. The highest BCUT2D eigenvalue weighted by molar-refractivity contribution is 6.02. The molecule has 1 atom stereocenters. The van der Waals surface area contributed by atoms with E-state index in [0.717, 1.165) is 12.8 Å². The van der Waals surface area contributed by atoms with Gasteiger partial charge < -0.3 is 10.6 Å². The highest BCUT2D eigenvalue weighted by Gasteiger charge is 2.15.